The summed E-state index contributed by atoms with van der Waals surface area (Å²) in [7, 11) is 1.72. The third-order valence-electron chi connectivity index (χ3n) is 5.87. The molecule has 1 saturated carbocycles. The number of methoxy groups -OCH3 is 1. The van der Waals surface area contributed by atoms with Gasteiger partial charge in [-0.25, -0.2) is 0 Å². The van der Waals surface area contributed by atoms with E-state index in [-0.39, 0.29) is 11.9 Å². The minimum absolute atomic E-state index is 0.0573. The molecule has 1 aliphatic heterocycles. The van der Waals surface area contributed by atoms with Crippen LogP contribution in [0.4, 0.5) is 5.69 Å². The fraction of sp³-hybridized carbons (Fsp3) is 0.667. The molecule has 0 radical (unpaired) electrons. The fourth-order valence-electron chi connectivity index (χ4n) is 4.15. The topological polar surface area (TPSA) is 44.8 Å². The van der Waals surface area contributed by atoms with E-state index in [0.717, 1.165) is 50.5 Å². The predicted molar refractivity (Wildman–Crippen MR) is 106 cm³/mol. The average Bonchev–Trinajstić information content (AvgIpc) is 2.96. The lowest BCUT2D eigenvalue weighted by atomic mass is 10.1. The van der Waals surface area contributed by atoms with Gasteiger partial charge < -0.3 is 15.0 Å². The maximum Gasteiger partial charge on any atom is 0.237 e. The van der Waals surface area contributed by atoms with Crippen molar-refractivity contribution in [2.45, 2.75) is 57.5 Å². The van der Waals surface area contributed by atoms with Crippen LogP contribution in [-0.4, -0.2) is 56.2 Å². The molecule has 2 fully saturated rings. The largest absolute Gasteiger partial charge is 0.495 e. The van der Waals surface area contributed by atoms with Gasteiger partial charge >= 0.3 is 0 Å². The van der Waals surface area contributed by atoms with Crippen molar-refractivity contribution in [2.75, 3.05) is 38.2 Å². The second-order valence-electron chi connectivity index (χ2n) is 7.57. The van der Waals surface area contributed by atoms with E-state index < -0.39 is 0 Å². The molecular formula is C21H33N3O2. The van der Waals surface area contributed by atoms with Crippen LogP contribution < -0.4 is 15.0 Å². The van der Waals surface area contributed by atoms with Gasteiger partial charge in [0.15, 0.2) is 0 Å². The van der Waals surface area contributed by atoms with Gasteiger partial charge in [0, 0.05) is 32.2 Å². The second-order valence-corrected chi connectivity index (χ2v) is 7.57. The van der Waals surface area contributed by atoms with Crippen molar-refractivity contribution >= 4 is 11.6 Å². The molecule has 5 heteroatoms. The summed E-state index contributed by atoms with van der Waals surface area (Å²) in [5.74, 6) is 1.11. The highest BCUT2D eigenvalue weighted by Crippen LogP contribution is 2.28. The van der Waals surface area contributed by atoms with Crippen LogP contribution in [0.1, 0.15) is 45.4 Å². The minimum Gasteiger partial charge on any atom is -0.495 e. The molecular weight excluding hydrogens is 326 g/mol. The number of rotatable bonds is 5. The van der Waals surface area contributed by atoms with E-state index in [1.807, 2.05) is 25.1 Å². The monoisotopic (exact) mass is 359 g/mol. The molecule has 26 heavy (non-hydrogen) atoms. The first kappa shape index (κ1) is 19.0. The van der Waals surface area contributed by atoms with Crippen molar-refractivity contribution in [2.24, 2.45) is 0 Å². The number of hydrogen-bond acceptors (Lipinski definition) is 4. The van der Waals surface area contributed by atoms with E-state index in [1.165, 1.54) is 25.7 Å². The summed E-state index contributed by atoms with van der Waals surface area (Å²) in [5, 5.41) is 3.30. The van der Waals surface area contributed by atoms with Gasteiger partial charge in [0.05, 0.1) is 18.8 Å². The summed E-state index contributed by atoms with van der Waals surface area (Å²) in [4.78, 5) is 17.3. The van der Waals surface area contributed by atoms with Crippen LogP contribution in [0, 0.1) is 0 Å². The van der Waals surface area contributed by atoms with Gasteiger partial charge in [-0.15, -0.1) is 0 Å². The molecule has 2 aliphatic rings. The number of carbonyl (C=O) groups is 1. The Hall–Kier alpha value is -1.75. The van der Waals surface area contributed by atoms with Gasteiger partial charge in [0.2, 0.25) is 5.91 Å². The summed E-state index contributed by atoms with van der Waals surface area (Å²) >= 11 is 0. The quantitative estimate of drug-likeness (QED) is 0.821. The fourth-order valence-corrected chi connectivity index (χ4v) is 4.15. The van der Waals surface area contributed by atoms with Crippen LogP contribution in [0.15, 0.2) is 24.3 Å². The molecule has 3 rings (SSSR count). The van der Waals surface area contributed by atoms with Gasteiger partial charge in [-0.1, -0.05) is 37.8 Å². The predicted octanol–water partition coefficient (Wildman–Crippen LogP) is 3.04. The van der Waals surface area contributed by atoms with E-state index in [1.54, 1.807) is 7.11 Å². The molecule has 5 nitrogen and oxygen atoms in total. The van der Waals surface area contributed by atoms with Crippen molar-refractivity contribution in [3.63, 3.8) is 0 Å². The lowest BCUT2D eigenvalue weighted by Crippen LogP contribution is -2.55. The average molecular weight is 360 g/mol. The van der Waals surface area contributed by atoms with Gasteiger partial charge in [-0.05, 0) is 31.9 Å². The Bertz CT molecular complexity index is 576. The van der Waals surface area contributed by atoms with E-state index in [9.17, 15) is 4.79 Å². The molecule has 1 atom stereocenters. The third kappa shape index (κ3) is 4.70. The van der Waals surface area contributed by atoms with E-state index in [0.29, 0.717) is 6.04 Å². The summed E-state index contributed by atoms with van der Waals surface area (Å²) in [6.45, 7) is 5.68. The first-order valence-electron chi connectivity index (χ1n) is 10.1. The Labute approximate surface area is 157 Å². The molecule has 1 saturated heterocycles. The number of piperazine rings is 1. The highest BCUT2D eigenvalue weighted by Gasteiger charge is 2.27. The molecule has 1 aromatic carbocycles. The van der Waals surface area contributed by atoms with Gasteiger partial charge in [-0.2, -0.15) is 0 Å². The van der Waals surface area contributed by atoms with Crippen molar-refractivity contribution in [1.82, 2.24) is 10.2 Å². The third-order valence-corrected chi connectivity index (χ3v) is 5.87. The standard InChI is InChI=1S/C21H33N3O2/c1-17(21(25)22-18-9-5-3-4-6-10-18)23-13-15-24(16-14-23)19-11-7-8-12-20(19)26-2/h7-8,11-12,17-18H,3-6,9-10,13-16H2,1-2H3,(H,22,25)/t17-/m1/s1. The number of anilines is 1. The number of benzene rings is 1. The molecule has 0 bridgehead atoms. The highest BCUT2D eigenvalue weighted by molar-refractivity contribution is 5.81. The van der Waals surface area contributed by atoms with E-state index in [4.69, 9.17) is 4.74 Å². The van der Waals surface area contributed by atoms with Crippen LogP contribution in [0.25, 0.3) is 0 Å². The number of para-hydroxylation sites is 2. The van der Waals surface area contributed by atoms with Crippen molar-refractivity contribution in [3.05, 3.63) is 24.3 Å². The number of ether oxygens (including phenoxy) is 1. The van der Waals surface area contributed by atoms with E-state index >= 15 is 0 Å². The van der Waals surface area contributed by atoms with Gasteiger partial charge in [0.1, 0.15) is 5.75 Å². The number of amides is 1. The molecule has 0 aromatic heterocycles. The summed E-state index contributed by atoms with van der Waals surface area (Å²) in [6.07, 6.45) is 7.40. The maximum absolute atomic E-state index is 12.7. The second kappa shape index (κ2) is 9.26. The molecule has 144 valence electrons. The van der Waals surface area contributed by atoms with Crippen molar-refractivity contribution < 1.29 is 9.53 Å². The number of hydrogen-bond donors (Lipinski definition) is 1. The van der Waals surface area contributed by atoms with Crippen LogP contribution in [0.3, 0.4) is 0 Å². The summed E-state index contributed by atoms with van der Waals surface area (Å²) in [5.41, 5.74) is 1.14. The molecule has 1 amide bonds. The smallest absolute Gasteiger partial charge is 0.237 e. The van der Waals surface area contributed by atoms with Crippen LogP contribution >= 0.6 is 0 Å². The zero-order chi connectivity index (χ0) is 18.4. The Morgan fingerprint density at radius 2 is 1.73 bits per heavy atom. The highest BCUT2D eigenvalue weighted by atomic mass is 16.5. The molecule has 0 unspecified atom stereocenters. The van der Waals surface area contributed by atoms with Crippen molar-refractivity contribution in [3.8, 4) is 5.75 Å². The number of nitrogens with one attached hydrogen (secondary N) is 1. The van der Waals surface area contributed by atoms with Gasteiger partial charge in [-0.3, -0.25) is 9.69 Å². The lowest BCUT2D eigenvalue weighted by molar-refractivity contribution is -0.126. The normalized spacial score (nSPS) is 21.1. The van der Waals surface area contributed by atoms with Crippen LogP contribution in [0.5, 0.6) is 5.75 Å². The number of nitrogens with zero attached hydrogens (tertiary/aromatic N) is 2. The van der Waals surface area contributed by atoms with Crippen LogP contribution in [0.2, 0.25) is 0 Å². The Morgan fingerprint density at radius 1 is 1.08 bits per heavy atom. The minimum atomic E-state index is -0.0573. The van der Waals surface area contributed by atoms with Crippen LogP contribution in [-0.2, 0) is 4.79 Å². The van der Waals surface area contributed by atoms with Crippen molar-refractivity contribution in [1.29, 1.82) is 0 Å². The van der Waals surface area contributed by atoms with E-state index in [2.05, 4.69) is 21.2 Å². The SMILES string of the molecule is COc1ccccc1N1CCN([C@H](C)C(=O)NC2CCCCCC2)CC1. The first-order valence-corrected chi connectivity index (χ1v) is 10.1. The maximum atomic E-state index is 12.7. The summed E-state index contributed by atoms with van der Waals surface area (Å²) < 4.78 is 5.49. The number of carbonyl (C=O) groups excluding carboxylic acids is 1. The Balaban J connectivity index is 1.51. The zero-order valence-corrected chi connectivity index (χ0v) is 16.2. The lowest BCUT2D eigenvalue weighted by Gasteiger charge is -2.39. The Kier molecular flexibility index (Phi) is 6.78. The summed E-state index contributed by atoms with van der Waals surface area (Å²) in [6, 6.07) is 8.48. The molecule has 0 spiro atoms. The Morgan fingerprint density at radius 3 is 2.38 bits per heavy atom. The first-order chi connectivity index (χ1) is 12.7. The molecule has 1 aromatic rings. The molecule has 1 N–H and O–H groups in total. The molecule has 1 heterocycles. The zero-order valence-electron chi connectivity index (χ0n) is 16.2. The van der Waals surface area contributed by atoms with Gasteiger partial charge in [0.25, 0.3) is 0 Å². The molecule has 1 aliphatic carbocycles.